The fourth-order valence-electron chi connectivity index (χ4n) is 1.97. The van der Waals surface area contributed by atoms with Gasteiger partial charge in [0.1, 0.15) is 5.75 Å². The highest BCUT2D eigenvalue weighted by atomic mass is 32.2. The number of phenolic OH excluding ortho intramolecular Hbond substituents is 1. The van der Waals surface area contributed by atoms with Gasteiger partial charge in [-0.25, -0.2) is 4.79 Å². The highest BCUT2D eigenvalue weighted by molar-refractivity contribution is 7.87. The van der Waals surface area contributed by atoms with E-state index < -0.39 is 39.6 Å². The molecular weight excluding hydrogens is 330 g/mol. The van der Waals surface area contributed by atoms with Gasteiger partial charge < -0.3 is 9.94 Å². The number of hydroxylamine groups is 2. The zero-order chi connectivity index (χ0) is 17.2. The Labute approximate surface area is 131 Å². The molecule has 2 amide bonds. The molecule has 0 radical (unpaired) electrons. The van der Waals surface area contributed by atoms with Crippen molar-refractivity contribution in [3.8, 4) is 5.75 Å². The number of imide groups is 1. The number of carbonyl (C=O) groups is 3. The molecule has 1 aromatic rings. The second kappa shape index (κ2) is 6.34. The van der Waals surface area contributed by atoms with Crippen LogP contribution in [0.5, 0.6) is 5.75 Å². The maximum absolute atomic E-state index is 11.7. The van der Waals surface area contributed by atoms with Crippen LogP contribution in [0.15, 0.2) is 24.3 Å². The Bertz CT molecular complexity index is 740. The Hall–Kier alpha value is -2.46. The molecule has 10 heteroatoms. The lowest BCUT2D eigenvalue weighted by Gasteiger charge is -2.13. The van der Waals surface area contributed by atoms with Crippen LogP contribution >= 0.6 is 0 Å². The molecule has 23 heavy (non-hydrogen) atoms. The van der Waals surface area contributed by atoms with Crippen LogP contribution in [0.4, 0.5) is 0 Å². The normalized spacial score (nSPS) is 18.3. The van der Waals surface area contributed by atoms with Crippen LogP contribution in [-0.2, 0) is 35.8 Å². The zero-order valence-corrected chi connectivity index (χ0v) is 12.5. The largest absolute Gasteiger partial charge is 0.508 e. The molecule has 124 valence electrons. The Kier molecular flexibility index (Phi) is 4.66. The van der Waals surface area contributed by atoms with E-state index in [9.17, 15) is 22.8 Å². The Balaban J connectivity index is 1.93. The molecule has 1 heterocycles. The van der Waals surface area contributed by atoms with Crippen molar-refractivity contribution in [2.45, 2.75) is 24.5 Å². The van der Waals surface area contributed by atoms with Crippen molar-refractivity contribution >= 4 is 27.9 Å². The molecular formula is C13H13NO8S. The molecule has 0 saturated carbocycles. The van der Waals surface area contributed by atoms with E-state index in [1.54, 1.807) is 12.1 Å². The van der Waals surface area contributed by atoms with Crippen LogP contribution in [-0.4, -0.2) is 46.2 Å². The Morgan fingerprint density at radius 3 is 2.39 bits per heavy atom. The SMILES string of the molecule is O=C(CCc1ccc(O)cc1)ON1C(=O)C[C@H](S(=O)(=O)O)C1=O. The summed E-state index contributed by atoms with van der Waals surface area (Å²) < 4.78 is 30.8. The summed E-state index contributed by atoms with van der Waals surface area (Å²) in [4.78, 5) is 39.4. The van der Waals surface area contributed by atoms with Crippen LogP contribution in [0, 0.1) is 0 Å². The highest BCUT2D eigenvalue weighted by Crippen LogP contribution is 2.20. The smallest absolute Gasteiger partial charge is 0.333 e. The van der Waals surface area contributed by atoms with Crippen LogP contribution in [0.1, 0.15) is 18.4 Å². The fourth-order valence-corrected chi connectivity index (χ4v) is 2.67. The molecule has 2 rings (SSSR count). The number of aryl methyl sites for hydroxylation is 1. The lowest BCUT2D eigenvalue weighted by Crippen LogP contribution is -2.36. The fraction of sp³-hybridized carbons (Fsp3) is 0.308. The van der Waals surface area contributed by atoms with E-state index in [2.05, 4.69) is 4.84 Å². The van der Waals surface area contributed by atoms with E-state index in [0.29, 0.717) is 0 Å². The second-order valence-electron chi connectivity index (χ2n) is 4.86. The molecule has 1 aromatic carbocycles. The topological polar surface area (TPSA) is 138 Å². The lowest BCUT2D eigenvalue weighted by atomic mass is 10.1. The quantitative estimate of drug-likeness (QED) is 0.553. The minimum Gasteiger partial charge on any atom is -0.508 e. The van der Waals surface area contributed by atoms with Crippen molar-refractivity contribution in [2.75, 3.05) is 0 Å². The van der Waals surface area contributed by atoms with Crippen LogP contribution in [0.3, 0.4) is 0 Å². The summed E-state index contributed by atoms with van der Waals surface area (Å²) in [6.07, 6.45) is -0.710. The van der Waals surface area contributed by atoms with E-state index in [1.165, 1.54) is 12.1 Å². The molecule has 2 N–H and O–H groups in total. The van der Waals surface area contributed by atoms with E-state index in [1.807, 2.05) is 0 Å². The molecule has 0 aliphatic carbocycles. The van der Waals surface area contributed by atoms with Crippen molar-refractivity contribution in [3.05, 3.63) is 29.8 Å². The van der Waals surface area contributed by atoms with E-state index >= 15 is 0 Å². The van der Waals surface area contributed by atoms with Crippen LogP contribution in [0.2, 0.25) is 0 Å². The zero-order valence-electron chi connectivity index (χ0n) is 11.7. The van der Waals surface area contributed by atoms with Crippen LogP contribution in [0.25, 0.3) is 0 Å². The van der Waals surface area contributed by atoms with Gasteiger partial charge in [-0.05, 0) is 24.1 Å². The van der Waals surface area contributed by atoms with Gasteiger partial charge in [-0.1, -0.05) is 12.1 Å². The summed E-state index contributed by atoms with van der Waals surface area (Å²) in [6.45, 7) is 0. The van der Waals surface area contributed by atoms with Crippen molar-refractivity contribution < 1.29 is 37.3 Å². The molecule has 0 spiro atoms. The summed E-state index contributed by atoms with van der Waals surface area (Å²) in [5.41, 5.74) is 0.717. The number of benzene rings is 1. The number of rotatable bonds is 5. The third kappa shape index (κ3) is 4.05. The number of carbonyl (C=O) groups excluding carboxylic acids is 3. The van der Waals surface area contributed by atoms with E-state index in [-0.39, 0.29) is 23.7 Å². The Morgan fingerprint density at radius 1 is 1.26 bits per heavy atom. The van der Waals surface area contributed by atoms with Gasteiger partial charge in [0.2, 0.25) is 0 Å². The third-order valence-electron chi connectivity index (χ3n) is 3.17. The maximum Gasteiger partial charge on any atom is 0.333 e. The van der Waals surface area contributed by atoms with Gasteiger partial charge in [-0.2, -0.15) is 8.42 Å². The summed E-state index contributed by atoms with van der Waals surface area (Å²) in [7, 11) is -4.74. The van der Waals surface area contributed by atoms with Gasteiger partial charge >= 0.3 is 5.97 Å². The summed E-state index contributed by atoms with van der Waals surface area (Å²) in [6, 6.07) is 6.04. The molecule has 9 nitrogen and oxygen atoms in total. The first-order chi connectivity index (χ1) is 10.7. The average Bonchev–Trinajstić information content (AvgIpc) is 2.75. The minimum atomic E-state index is -4.74. The number of phenols is 1. The first-order valence-corrected chi connectivity index (χ1v) is 8.00. The molecule has 0 unspecified atom stereocenters. The lowest BCUT2D eigenvalue weighted by molar-refractivity contribution is -0.197. The molecule has 0 bridgehead atoms. The van der Waals surface area contributed by atoms with E-state index in [4.69, 9.17) is 9.66 Å². The Morgan fingerprint density at radius 2 is 1.87 bits per heavy atom. The predicted molar refractivity (Wildman–Crippen MR) is 74.3 cm³/mol. The predicted octanol–water partition coefficient (Wildman–Crippen LogP) is -0.202. The molecule has 1 aliphatic heterocycles. The molecule has 1 fully saturated rings. The number of aromatic hydroxyl groups is 1. The van der Waals surface area contributed by atoms with Gasteiger partial charge in [0.25, 0.3) is 21.9 Å². The van der Waals surface area contributed by atoms with Gasteiger partial charge in [0, 0.05) is 0 Å². The second-order valence-corrected chi connectivity index (χ2v) is 6.46. The number of hydrogen-bond acceptors (Lipinski definition) is 7. The van der Waals surface area contributed by atoms with Crippen molar-refractivity contribution in [1.82, 2.24) is 5.06 Å². The number of nitrogens with zero attached hydrogens (tertiary/aromatic N) is 1. The molecule has 1 aliphatic rings. The standard InChI is InChI=1S/C13H13NO8S/c15-9-4-1-8(2-5-9)3-6-12(17)22-14-11(16)7-10(13(14)18)23(19,20)21/h1-2,4-5,10,15H,3,6-7H2,(H,19,20,21)/t10-/m0/s1. The number of amides is 2. The monoisotopic (exact) mass is 343 g/mol. The van der Waals surface area contributed by atoms with Crippen molar-refractivity contribution in [1.29, 1.82) is 0 Å². The van der Waals surface area contributed by atoms with Gasteiger partial charge in [0.05, 0.1) is 12.8 Å². The first-order valence-electron chi connectivity index (χ1n) is 6.50. The summed E-state index contributed by atoms with van der Waals surface area (Å²) >= 11 is 0. The van der Waals surface area contributed by atoms with Crippen molar-refractivity contribution in [3.63, 3.8) is 0 Å². The van der Waals surface area contributed by atoms with E-state index in [0.717, 1.165) is 5.56 Å². The number of hydrogen-bond donors (Lipinski definition) is 2. The van der Waals surface area contributed by atoms with Gasteiger partial charge in [-0.15, -0.1) is 5.06 Å². The first kappa shape index (κ1) is 16.9. The summed E-state index contributed by atoms with van der Waals surface area (Å²) in [5.74, 6) is -3.15. The summed E-state index contributed by atoms with van der Waals surface area (Å²) in [5, 5.41) is 7.25. The minimum absolute atomic E-state index is 0.0671. The highest BCUT2D eigenvalue weighted by Gasteiger charge is 2.48. The van der Waals surface area contributed by atoms with Gasteiger partial charge in [-0.3, -0.25) is 14.1 Å². The molecule has 1 saturated heterocycles. The van der Waals surface area contributed by atoms with Crippen LogP contribution < -0.4 is 0 Å². The third-order valence-corrected chi connectivity index (χ3v) is 4.26. The van der Waals surface area contributed by atoms with Gasteiger partial charge in [0.15, 0.2) is 5.25 Å². The maximum atomic E-state index is 11.7. The molecule has 0 aromatic heterocycles. The average molecular weight is 343 g/mol. The van der Waals surface area contributed by atoms with Crippen molar-refractivity contribution in [2.24, 2.45) is 0 Å². The molecule has 1 atom stereocenters.